The predicted molar refractivity (Wildman–Crippen MR) is 85.0 cm³/mol. The zero-order chi connectivity index (χ0) is 14.8. The molecule has 1 saturated heterocycles. The molecule has 1 aromatic rings. The summed E-state index contributed by atoms with van der Waals surface area (Å²) in [7, 11) is 0. The van der Waals surface area contributed by atoms with Crippen molar-refractivity contribution < 1.29 is 0 Å². The highest BCUT2D eigenvalue weighted by Gasteiger charge is 2.24. The molecule has 6 heteroatoms. The minimum Gasteiger partial charge on any atom is -0.378 e. The number of hydrogen-bond donors (Lipinski definition) is 1. The number of hydrogen-bond acceptors (Lipinski definition) is 4. The van der Waals surface area contributed by atoms with Gasteiger partial charge in [-0.2, -0.15) is 5.10 Å². The van der Waals surface area contributed by atoms with E-state index in [1.165, 1.54) is 25.7 Å². The van der Waals surface area contributed by atoms with Gasteiger partial charge in [-0.05, 0) is 51.6 Å². The highest BCUT2D eigenvalue weighted by molar-refractivity contribution is 6.32. The van der Waals surface area contributed by atoms with Crippen LogP contribution in [0, 0.1) is 5.92 Å². The molecule has 3 rings (SSSR count). The van der Waals surface area contributed by atoms with Crippen LogP contribution in [0.3, 0.4) is 0 Å². The van der Waals surface area contributed by atoms with E-state index in [9.17, 15) is 4.79 Å². The summed E-state index contributed by atoms with van der Waals surface area (Å²) in [6, 6.07) is 0.410. The van der Waals surface area contributed by atoms with Gasteiger partial charge in [0.25, 0.3) is 5.56 Å². The van der Waals surface area contributed by atoms with E-state index in [4.69, 9.17) is 11.6 Å². The van der Waals surface area contributed by atoms with Crippen LogP contribution in [0.1, 0.15) is 32.6 Å². The van der Waals surface area contributed by atoms with Crippen LogP contribution in [0.4, 0.5) is 5.69 Å². The molecule has 2 fully saturated rings. The first kappa shape index (κ1) is 14.9. The van der Waals surface area contributed by atoms with E-state index in [-0.39, 0.29) is 5.56 Å². The number of halogens is 1. The summed E-state index contributed by atoms with van der Waals surface area (Å²) in [5.41, 5.74) is 0.404. The van der Waals surface area contributed by atoms with Crippen molar-refractivity contribution in [3.05, 3.63) is 21.6 Å². The maximum Gasteiger partial charge on any atom is 0.291 e. The monoisotopic (exact) mass is 310 g/mol. The molecule has 5 nitrogen and oxygen atoms in total. The molecule has 2 heterocycles. The van der Waals surface area contributed by atoms with E-state index in [2.05, 4.69) is 22.2 Å². The molecule has 0 aromatic carbocycles. The van der Waals surface area contributed by atoms with Crippen LogP contribution in [0.2, 0.25) is 5.02 Å². The number of rotatable bonds is 6. The van der Waals surface area contributed by atoms with E-state index in [1.54, 1.807) is 10.9 Å². The Morgan fingerprint density at radius 2 is 2.14 bits per heavy atom. The molecular formula is C15H23ClN4O. The molecule has 0 spiro atoms. The number of aromatic nitrogens is 2. The predicted octanol–water partition coefficient (Wildman–Crippen LogP) is 2.20. The lowest BCUT2D eigenvalue weighted by molar-refractivity contribution is 0.269. The van der Waals surface area contributed by atoms with Crippen LogP contribution in [-0.4, -0.2) is 40.4 Å². The fourth-order valence-electron chi connectivity index (χ4n) is 2.86. The highest BCUT2D eigenvalue weighted by atomic mass is 35.5. The molecule has 2 aliphatic rings. The summed E-state index contributed by atoms with van der Waals surface area (Å²) in [6.07, 6.45) is 6.52. The number of nitrogens with zero attached hydrogens (tertiary/aromatic N) is 3. The van der Waals surface area contributed by atoms with Crippen molar-refractivity contribution in [1.82, 2.24) is 14.7 Å². The summed E-state index contributed by atoms with van der Waals surface area (Å²) in [5.74, 6) is 0.618. The third kappa shape index (κ3) is 3.58. The van der Waals surface area contributed by atoms with Crippen LogP contribution in [0.5, 0.6) is 0 Å². The fraction of sp³-hybridized carbons (Fsp3) is 0.733. The molecule has 0 amide bonds. The quantitative estimate of drug-likeness (QED) is 0.875. The molecule has 0 radical (unpaired) electrons. The van der Waals surface area contributed by atoms with E-state index < -0.39 is 0 Å². The molecule has 21 heavy (non-hydrogen) atoms. The average molecular weight is 311 g/mol. The van der Waals surface area contributed by atoms with Crippen molar-refractivity contribution in [2.45, 2.75) is 45.2 Å². The molecule has 1 atom stereocenters. The Balaban J connectivity index is 1.67. The Kier molecular flexibility index (Phi) is 4.50. The van der Waals surface area contributed by atoms with Gasteiger partial charge < -0.3 is 5.32 Å². The molecule has 1 N–H and O–H groups in total. The lowest BCUT2D eigenvalue weighted by Gasteiger charge is -2.24. The molecule has 1 unspecified atom stereocenters. The normalized spacial score (nSPS) is 20.7. The third-order valence-electron chi connectivity index (χ3n) is 4.46. The van der Waals surface area contributed by atoms with E-state index in [0.717, 1.165) is 19.6 Å². The van der Waals surface area contributed by atoms with Crippen LogP contribution in [-0.2, 0) is 6.54 Å². The number of anilines is 1. The van der Waals surface area contributed by atoms with Crippen molar-refractivity contribution in [2.75, 3.05) is 25.0 Å². The van der Waals surface area contributed by atoms with Gasteiger partial charge in [-0.15, -0.1) is 0 Å². The van der Waals surface area contributed by atoms with Crippen LogP contribution in [0.15, 0.2) is 11.0 Å². The van der Waals surface area contributed by atoms with Crippen molar-refractivity contribution >= 4 is 17.3 Å². The van der Waals surface area contributed by atoms with Crippen molar-refractivity contribution in [2.24, 2.45) is 5.92 Å². The Morgan fingerprint density at radius 3 is 2.81 bits per heavy atom. The molecule has 0 bridgehead atoms. The first-order valence-electron chi connectivity index (χ1n) is 7.88. The van der Waals surface area contributed by atoms with Gasteiger partial charge in [-0.1, -0.05) is 11.6 Å². The second kappa shape index (κ2) is 6.36. The first-order chi connectivity index (χ1) is 10.1. The zero-order valence-corrected chi connectivity index (χ0v) is 13.3. The minimum atomic E-state index is -0.0944. The van der Waals surface area contributed by atoms with Crippen molar-refractivity contribution in [1.29, 1.82) is 0 Å². The molecule has 1 aliphatic heterocycles. The fourth-order valence-corrected chi connectivity index (χ4v) is 3.06. The lowest BCUT2D eigenvalue weighted by Crippen LogP contribution is -2.37. The van der Waals surface area contributed by atoms with Gasteiger partial charge in [0.1, 0.15) is 5.69 Å². The standard InChI is InChI=1S/C15H23ClN4O/c1-11(19-6-2-3-7-19)8-17-14-13(16)9-18-20(15(14)21)10-12-4-5-12/h9,11-12,17H,2-8,10H2,1H3. The summed E-state index contributed by atoms with van der Waals surface area (Å²) in [4.78, 5) is 14.9. The molecule has 116 valence electrons. The lowest BCUT2D eigenvalue weighted by atomic mass is 10.3. The van der Waals surface area contributed by atoms with E-state index >= 15 is 0 Å². The summed E-state index contributed by atoms with van der Waals surface area (Å²) in [6.45, 7) is 5.95. The molecule has 1 aliphatic carbocycles. The summed E-state index contributed by atoms with van der Waals surface area (Å²) in [5, 5.41) is 7.81. The molecular weight excluding hydrogens is 288 g/mol. The van der Waals surface area contributed by atoms with Gasteiger partial charge in [0, 0.05) is 19.1 Å². The Bertz CT molecular complexity index is 549. The van der Waals surface area contributed by atoms with E-state index in [1.807, 2.05) is 0 Å². The Labute approximate surface area is 130 Å². The summed E-state index contributed by atoms with van der Waals surface area (Å²) < 4.78 is 1.55. The van der Waals surface area contributed by atoms with Crippen LogP contribution >= 0.6 is 11.6 Å². The number of likely N-dealkylation sites (tertiary alicyclic amines) is 1. The van der Waals surface area contributed by atoms with Gasteiger partial charge in [-0.3, -0.25) is 9.69 Å². The minimum absolute atomic E-state index is 0.0944. The second-order valence-electron chi connectivity index (χ2n) is 6.27. The summed E-state index contributed by atoms with van der Waals surface area (Å²) >= 11 is 6.14. The van der Waals surface area contributed by atoms with Gasteiger partial charge in [-0.25, -0.2) is 4.68 Å². The van der Waals surface area contributed by atoms with Crippen LogP contribution < -0.4 is 10.9 Å². The third-order valence-corrected chi connectivity index (χ3v) is 4.75. The maximum absolute atomic E-state index is 12.4. The van der Waals surface area contributed by atoms with Gasteiger partial charge in [0.15, 0.2) is 0 Å². The Hall–Kier alpha value is -1.07. The zero-order valence-electron chi connectivity index (χ0n) is 12.5. The maximum atomic E-state index is 12.4. The smallest absolute Gasteiger partial charge is 0.291 e. The Morgan fingerprint density at radius 1 is 1.43 bits per heavy atom. The van der Waals surface area contributed by atoms with Crippen molar-refractivity contribution in [3.8, 4) is 0 Å². The van der Waals surface area contributed by atoms with E-state index in [0.29, 0.717) is 29.2 Å². The topological polar surface area (TPSA) is 50.2 Å². The van der Waals surface area contributed by atoms with Gasteiger partial charge >= 0.3 is 0 Å². The average Bonchev–Trinajstić information content (AvgIpc) is 3.11. The van der Waals surface area contributed by atoms with Gasteiger partial charge in [0.05, 0.1) is 11.2 Å². The molecule has 1 saturated carbocycles. The second-order valence-corrected chi connectivity index (χ2v) is 6.68. The largest absolute Gasteiger partial charge is 0.378 e. The first-order valence-corrected chi connectivity index (χ1v) is 8.26. The van der Waals surface area contributed by atoms with Gasteiger partial charge in [0.2, 0.25) is 0 Å². The van der Waals surface area contributed by atoms with Crippen LogP contribution in [0.25, 0.3) is 0 Å². The SMILES string of the molecule is CC(CNc1c(Cl)cnn(CC2CC2)c1=O)N1CCCC1. The van der Waals surface area contributed by atoms with Crippen molar-refractivity contribution in [3.63, 3.8) is 0 Å². The molecule has 1 aromatic heterocycles. The number of nitrogens with one attached hydrogen (secondary N) is 1. The highest BCUT2D eigenvalue weighted by Crippen LogP contribution is 2.30.